The Morgan fingerprint density at radius 3 is 2.28 bits per heavy atom. The molecule has 1 aromatic rings. The molecule has 1 aromatic carbocycles. The Bertz CT molecular complexity index is 339. The average Bonchev–Trinajstić information content (AvgIpc) is 2.41. The third-order valence-electron chi connectivity index (χ3n) is 3.65. The van der Waals surface area contributed by atoms with E-state index in [1.54, 1.807) is 0 Å². The molecule has 0 aliphatic carbocycles. The zero-order chi connectivity index (χ0) is 12.8. The second kappa shape index (κ2) is 6.76. The zero-order valence-electron chi connectivity index (χ0n) is 11.4. The SMILES string of the molecule is CCCN1CCN(c2ccc(CCN)cc2)CC1. The van der Waals surface area contributed by atoms with Crippen LogP contribution < -0.4 is 10.6 Å². The van der Waals surface area contributed by atoms with Crippen molar-refractivity contribution >= 4 is 5.69 Å². The van der Waals surface area contributed by atoms with Gasteiger partial charge in [-0.3, -0.25) is 4.90 Å². The number of hydrogen-bond donors (Lipinski definition) is 1. The monoisotopic (exact) mass is 247 g/mol. The van der Waals surface area contributed by atoms with Gasteiger partial charge in [-0.15, -0.1) is 0 Å². The Morgan fingerprint density at radius 2 is 1.72 bits per heavy atom. The van der Waals surface area contributed by atoms with Crippen LogP contribution in [0.1, 0.15) is 18.9 Å². The normalized spacial score (nSPS) is 17.1. The van der Waals surface area contributed by atoms with Crippen molar-refractivity contribution in [3.05, 3.63) is 29.8 Å². The molecule has 0 spiro atoms. The Hall–Kier alpha value is -1.06. The van der Waals surface area contributed by atoms with Crippen molar-refractivity contribution in [1.82, 2.24) is 4.90 Å². The molecule has 0 unspecified atom stereocenters. The molecule has 1 aliphatic rings. The number of nitrogens with zero attached hydrogens (tertiary/aromatic N) is 2. The van der Waals surface area contributed by atoms with Crippen molar-refractivity contribution in [2.24, 2.45) is 5.73 Å². The number of rotatable bonds is 5. The van der Waals surface area contributed by atoms with Gasteiger partial charge in [0.2, 0.25) is 0 Å². The van der Waals surface area contributed by atoms with Crippen LogP contribution >= 0.6 is 0 Å². The third kappa shape index (κ3) is 3.47. The van der Waals surface area contributed by atoms with Crippen LogP contribution in [0, 0.1) is 0 Å². The molecule has 0 amide bonds. The van der Waals surface area contributed by atoms with Gasteiger partial charge in [-0.05, 0) is 43.6 Å². The molecular weight excluding hydrogens is 222 g/mol. The van der Waals surface area contributed by atoms with Crippen LogP contribution in [0.4, 0.5) is 5.69 Å². The maximum atomic E-state index is 5.57. The molecule has 3 nitrogen and oxygen atoms in total. The van der Waals surface area contributed by atoms with Crippen LogP contribution in [0.3, 0.4) is 0 Å². The highest BCUT2D eigenvalue weighted by Crippen LogP contribution is 2.17. The molecule has 1 fully saturated rings. The number of benzene rings is 1. The van der Waals surface area contributed by atoms with Crippen LogP contribution in [-0.2, 0) is 6.42 Å². The molecule has 0 atom stereocenters. The van der Waals surface area contributed by atoms with E-state index in [9.17, 15) is 0 Å². The second-order valence-electron chi connectivity index (χ2n) is 5.03. The predicted octanol–water partition coefficient (Wildman–Crippen LogP) is 1.72. The lowest BCUT2D eigenvalue weighted by atomic mass is 10.1. The van der Waals surface area contributed by atoms with Gasteiger partial charge in [0.25, 0.3) is 0 Å². The third-order valence-corrected chi connectivity index (χ3v) is 3.65. The van der Waals surface area contributed by atoms with E-state index in [2.05, 4.69) is 41.0 Å². The van der Waals surface area contributed by atoms with Crippen molar-refractivity contribution in [1.29, 1.82) is 0 Å². The van der Waals surface area contributed by atoms with Crippen LogP contribution in [0.15, 0.2) is 24.3 Å². The molecular formula is C15H25N3. The largest absolute Gasteiger partial charge is 0.369 e. The first-order valence-electron chi connectivity index (χ1n) is 7.10. The van der Waals surface area contributed by atoms with Gasteiger partial charge >= 0.3 is 0 Å². The number of nitrogens with two attached hydrogens (primary N) is 1. The Morgan fingerprint density at radius 1 is 1.06 bits per heavy atom. The quantitative estimate of drug-likeness (QED) is 0.860. The van der Waals surface area contributed by atoms with E-state index in [1.807, 2.05) is 0 Å². The van der Waals surface area contributed by atoms with Crippen LogP contribution in [0.5, 0.6) is 0 Å². The molecule has 1 saturated heterocycles. The van der Waals surface area contributed by atoms with Gasteiger partial charge in [0.05, 0.1) is 0 Å². The minimum absolute atomic E-state index is 0.731. The Labute approximate surface area is 111 Å². The molecule has 2 N–H and O–H groups in total. The topological polar surface area (TPSA) is 32.5 Å². The van der Waals surface area contributed by atoms with Gasteiger partial charge in [-0.2, -0.15) is 0 Å². The summed E-state index contributed by atoms with van der Waals surface area (Å²) < 4.78 is 0. The first-order valence-corrected chi connectivity index (χ1v) is 7.10. The van der Waals surface area contributed by atoms with E-state index in [0.717, 1.165) is 26.1 Å². The van der Waals surface area contributed by atoms with Gasteiger partial charge < -0.3 is 10.6 Å². The highest BCUT2D eigenvalue weighted by atomic mass is 15.3. The molecule has 1 aliphatic heterocycles. The van der Waals surface area contributed by atoms with Crippen LogP contribution in [0.25, 0.3) is 0 Å². The van der Waals surface area contributed by atoms with E-state index < -0.39 is 0 Å². The summed E-state index contributed by atoms with van der Waals surface area (Å²) in [5, 5.41) is 0. The van der Waals surface area contributed by atoms with E-state index in [4.69, 9.17) is 5.73 Å². The lowest BCUT2D eigenvalue weighted by molar-refractivity contribution is 0.258. The van der Waals surface area contributed by atoms with Crippen LogP contribution in [0.2, 0.25) is 0 Å². The molecule has 1 heterocycles. The Balaban J connectivity index is 1.89. The lowest BCUT2D eigenvalue weighted by Gasteiger charge is -2.36. The highest BCUT2D eigenvalue weighted by molar-refractivity contribution is 5.48. The van der Waals surface area contributed by atoms with Gasteiger partial charge in [-0.1, -0.05) is 19.1 Å². The summed E-state index contributed by atoms with van der Waals surface area (Å²) in [7, 11) is 0. The van der Waals surface area contributed by atoms with Crippen molar-refractivity contribution in [2.75, 3.05) is 44.2 Å². The molecule has 2 rings (SSSR count). The fraction of sp³-hybridized carbons (Fsp3) is 0.600. The summed E-state index contributed by atoms with van der Waals surface area (Å²) >= 11 is 0. The van der Waals surface area contributed by atoms with E-state index in [0.29, 0.717) is 0 Å². The summed E-state index contributed by atoms with van der Waals surface area (Å²) in [6.07, 6.45) is 2.23. The fourth-order valence-electron chi connectivity index (χ4n) is 2.59. The first-order chi connectivity index (χ1) is 8.83. The predicted molar refractivity (Wildman–Crippen MR) is 78.1 cm³/mol. The van der Waals surface area contributed by atoms with Crippen molar-refractivity contribution in [3.8, 4) is 0 Å². The average molecular weight is 247 g/mol. The molecule has 3 heteroatoms. The highest BCUT2D eigenvalue weighted by Gasteiger charge is 2.15. The first kappa shape index (κ1) is 13.4. The summed E-state index contributed by atoms with van der Waals surface area (Å²) in [6.45, 7) is 8.91. The number of piperazine rings is 1. The summed E-state index contributed by atoms with van der Waals surface area (Å²) in [5.74, 6) is 0. The smallest absolute Gasteiger partial charge is 0.0367 e. The van der Waals surface area contributed by atoms with Gasteiger partial charge in [0.15, 0.2) is 0 Å². The van der Waals surface area contributed by atoms with E-state index in [1.165, 1.54) is 37.3 Å². The maximum absolute atomic E-state index is 5.57. The summed E-state index contributed by atoms with van der Waals surface area (Å²) in [4.78, 5) is 5.04. The lowest BCUT2D eigenvalue weighted by Crippen LogP contribution is -2.46. The van der Waals surface area contributed by atoms with E-state index >= 15 is 0 Å². The van der Waals surface area contributed by atoms with E-state index in [-0.39, 0.29) is 0 Å². The molecule has 0 aromatic heterocycles. The van der Waals surface area contributed by atoms with Crippen molar-refractivity contribution in [3.63, 3.8) is 0 Å². The number of anilines is 1. The zero-order valence-corrected chi connectivity index (χ0v) is 11.4. The second-order valence-corrected chi connectivity index (χ2v) is 5.03. The van der Waals surface area contributed by atoms with Crippen molar-refractivity contribution in [2.45, 2.75) is 19.8 Å². The minimum atomic E-state index is 0.731. The van der Waals surface area contributed by atoms with Crippen LogP contribution in [-0.4, -0.2) is 44.2 Å². The maximum Gasteiger partial charge on any atom is 0.0367 e. The molecule has 18 heavy (non-hydrogen) atoms. The molecule has 0 radical (unpaired) electrons. The summed E-state index contributed by atoms with van der Waals surface area (Å²) in [5.41, 5.74) is 8.26. The van der Waals surface area contributed by atoms with Gasteiger partial charge in [0, 0.05) is 31.9 Å². The Kier molecular flexibility index (Phi) is 5.02. The van der Waals surface area contributed by atoms with Crippen molar-refractivity contribution < 1.29 is 0 Å². The molecule has 0 saturated carbocycles. The standard InChI is InChI=1S/C15H25N3/c1-2-9-17-10-12-18(13-11-17)15-5-3-14(4-6-15)7-8-16/h3-6H,2,7-13,16H2,1H3. The minimum Gasteiger partial charge on any atom is -0.369 e. The number of hydrogen-bond acceptors (Lipinski definition) is 3. The fourth-order valence-corrected chi connectivity index (χ4v) is 2.59. The molecule has 0 bridgehead atoms. The van der Waals surface area contributed by atoms with Gasteiger partial charge in [-0.25, -0.2) is 0 Å². The summed E-state index contributed by atoms with van der Waals surface area (Å²) in [6, 6.07) is 8.89. The van der Waals surface area contributed by atoms with Gasteiger partial charge in [0.1, 0.15) is 0 Å². The molecule has 100 valence electrons.